The number of aromatic nitrogens is 2. The molecule has 0 amide bonds. The Hall–Kier alpha value is -0.950. The summed E-state index contributed by atoms with van der Waals surface area (Å²) >= 11 is 1.83. The molecule has 1 unspecified atom stereocenters. The van der Waals surface area contributed by atoms with E-state index in [1.165, 1.54) is 29.7 Å². The van der Waals surface area contributed by atoms with Crippen molar-refractivity contribution < 1.29 is 0 Å². The van der Waals surface area contributed by atoms with E-state index in [-0.39, 0.29) is 12.4 Å². The highest BCUT2D eigenvalue weighted by Crippen LogP contribution is 2.37. The van der Waals surface area contributed by atoms with Gasteiger partial charge >= 0.3 is 0 Å². The molecule has 2 aliphatic rings. The molecule has 0 spiro atoms. The van der Waals surface area contributed by atoms with Crippen molar-refractivity contribution >= 4 is 39.8 Å². The Bertz CT molecular complexity index is 701. The molecule has 2 aromatic rings. The first-order valence-corrected chi connectivity index (χ1v) is 9.05. The predicted octanol–water partition coefficient (Wildman–Crippen LogP) is 2.37. The number of hydrogen-bond acceptors (Lipinski definition) is 6. The van der Waals surface area contributed by atoms with Crippen molar-refractivity contribution in [3.63, 3.8) is 0 Å². The SMILES string of the molecule is CC1CNCCN1Cc1nc(N)c2c3c(sc2n1)CCCC3.Cl. The third kappa shape index (κ3) is 3.18. The zero-order chi connectivity index (χ0) is 15.1. The van der Waals surface area contributed by atoms with Gasteiger partial charge in [0.2, 0.25) is 0 Å². The summed E-state index contributed by atoms with van der Waals surface area (Å²) < 4.78 is 0. The van der Waals surface area contributed by atoms with Crippen LogP contribution in [0.1, 0.15) is 36.0 Å². The number of hydrogen-bond donors (Lipinski definition) is 2. The second-order valence-electron chi connectivity index (χ2n) is 6.44. The van der Waals surface area contributed by atoms with Crippen LogP contribution in [-0.2, 0) is 19.4 Å². The molecule has 1 aliphatic heterocycles. The van der Waals surface area contributed by atoms with Crippen LogP contribution < -0.4 is 11.1 Å². The molecule has 3 heterocycles. The van der Waals surface area contributed by atoms with Gasteiger partial charge in [0.05, 0.1) is 11.9 Å². The van der Waals surface area contributed by atoms with Gasteiger partial charge in [-0.2, -0.15) is 0 Å². The molecule has 2 aromatic heterocycles. The molecule has 0 saturated carbocycles. The van der Waals surface area contributed by atoms with Crippen LogP contribution in [0.4, 0.5) is 5.82 Å². The number of fused-ring (bicyclic) bond motifs is 3. The number of nitrogens with one attached hydrogen (secondary N) is 1. The van der Waals surface area contributed by atoms with Crippen LogP contribution in [0.3, 0.4) is 0 Å². The van der Waals surface area contributed by atoms with Crippen molar-refractivity contribution in [1.29, 1.82) is 0 Å². The molecular weight excluding hydrogens is 330 g/mol. The van der Waals surface area contributed by atoms with Crippen LogP contribution in [0.15, 0.2) is 0 Å². The van der Waals surface area contributed by atoms with Crippen LogP contribution in [0, 0.1) is 0 Å². The average molecular weight is 354 g/mol. The van der Waals surface area contributed by atoms with E-state index in [9.17, 15) is 0 Å². The van der Waals surface area contributed by atoms with Gasteiger partial charge in [-0.05, 0) is 38.2 Å². The highest BCUT2D eigenvalue weighted by atomic mass is 35.5. The highest BCUT2D eigenvalue weighted by molar-refractivity contribution is 7.19. The summed E-state index contributed by atoms with van der Waals surface area (Å²) in [5.74, 6) is 1.56. The fourth-order valence-electron chi connectivity index (χ4n) is 3.60. The molecule has 126 valence electrons. The van der Waals surface area contributed by atoms with Gasteiger partial charge in [-0.3, -0.25) is 4.90 Å². The number of halogens is 1. The zero-order valence-corrected chi connectivity index (χ0v) is 15.1. The Morgan fingerprint density at radius 2 is 2.13 bits per heavy atom. The highest BCUT2D eigenvalue weighted by Gasteiger charge is 2.22. The van der Waals surface area contributed by atoms with Gasteiger partial charge in [0.1, 0.15) is 16.5 Å². The lowest BCUT2D eigenvalue weighted by Gasteiger charge is -2.33. The Kier molecular flexibility index (Phi) is 5.06. The van der Waals surface area contributed by atoms with E-state index in [2.05, 4.69) is 22.1 Å². The molecule has 23 heavy (non-hydrogen) atoms. The third-order valence-electron chi connectivity index (χ3n) is 4.87. The maximum Gasteiger partial charge on any atom is 0.146 e. The number of nitrogen functional groups attached to an aromatic ring is 1. The van der Waals surface area contributed by atoms with Crippen molar-refractivity contribution in [3.8, 4) is 0 Å². The maximum absolute atomic E-state index is 6.29. The first-order valence-electron chi connectivity index (χ1n) is 8.24. The minimum Gasteiger partial charge on any atom is -0.383 e. The van der Waals surface area contributed by atoms with Crippen LogP contribution in [0.25, 0.3) is 10.2 Å². The van der Waals surface area contributed by atoms with Crippen molar-refractivity contribution in [2.75, 3.05) is 25.4 Å². The molecule has 4 rings (SSSR count). The second kappa shape index (κ2) is 6.89. The van der Waals surface area contributed by atoms with Crippen LogP contribution >= 0.6 is 23.7 Å². The molecule has 1 aliphatic carbocycles. The zero-order valence-electron chi connectivity index (χ0n) is 13.5. The predicted molar refractivity (Wildman–Crippen MR) is 98.5 cm³/mol. The molecule has 7 heteroatoms. The topological polar surface area (TPSA) is 67.1 Å². The van der Waals surface area contributed by atoms with Gasteiger partial charge < -0.3 is 11.1 Å². The number of anilines is 1. The van der Waals surface area contributed by atoms with E-state index < -0.39 is 0 Å². The third-order valence-corrected chi connectivity index (χ3v) is 6.06. The summed E-state index contributed by atoms with van der Waals surface area (Å²) in [6.07, 6.45) is 4.87. The standard InChI is InChI=1S/C16H23N5S.ClH/c1-10-8-18-6-7-21(10)9-13-19-15(17)14-11-4-2-3-5-12(11)22-16(14)20-13;/h10,18H,2-9H2,1H3,(H2,17,19,20);1H. The van der Waals surface area contributed by atoms with Gasteiger partial charge in [-0.25, -0.2) is 9.97 Å². The molecule has 0 aromatic carbocycles. The van der Waals surface area contributed by atoms with Gasteiger partial charge in [0, 0.05) is 30.6 Å². The maximum atomic E-state index is 6.29. The van der Waals surface area contributed by atoms with Gasteiger partial charge in [-0.1, -0.05) is 0 Å². The lowest BCUT2D eigenvalue weighted by molar-refractivity contribution is 0.162. The van der Waals surface area contributed by atoms with Gasteiger partial charge in [-0.15, -0.1) is 23.7 Å². The van der Waals surface area contributed by atoms with Crippen LogP contribution in [-0.4, -0.2) is 40.5 Å². The Morgan fingerprint density at radius 3 is 2.96 bits per heavy atom. The average Bonchev–Trinajstić information content (AvgIpc) is 2.88. The van der Waals surface area contributed by atoms with Crippen molar-refractivity contribution in [3.05, 3.63) is 16.3 Å². The number of rotatable bonds is 2. The minimum absolute atomic E-state index is 0. The molecule has 1 saturated heterocycles. The summed E-state index contributed by atoms with van der Waals surface area (Å²) in [7, 11) is 0. The van der Waals surface area contributed by atoms with Crippen LogP contribution in [0.2, 0.25) is 0 Å². The van der Waals surface area contributed by atoms with Gasteiger partial charge in [0.15, 0.2) is 0 Å². The largest absolute Gasteiger partial charge is 0.383 e. The first-order chi connectivity index (χ1) is 10.7. The summed E-state index contributed by atoms with van der Waals surface area (Å²) in [6.45, 7) is 6.16. The summed E-state index contributed by atoms with van der Waals surface area (Å²) in [6, 6.07) is 0.519. The van der Waals surface area contributed by atoms with Gasteiger partial charge in [0.25, 0.3) is 0 Å². The molecule has 0 radical (unpaired) electrons. The Balaban J connectivity index is 0.00000156. The number of piperazine rings is 1. The summed E-state index contributed by atoms with van der Waals surface area (Å²) in [4.78, 5) is 14.5. The van der Waals surface area contributed by atoms with Crippen LogP contribution in [0.5, 0.6) is 0 Å². The molecule has 5 nitrogen and oxygen atoms in total. The lowest BCUT2D eigenvalue weighted by Crippen LogP contribution is -2.49. The summed E-state index contributed by atoms with van der Waals surface area (Å²) in [5, 5.41) is 4.56. The normalized spacial score (nSPS) is 21.9. The minimum atomic E-state index is 0. The summed E-state index contributed by atoms with van der Waals surface area (Å²) in [5.41, 5.74) is 7.71. The Morgan fingerprint density at radius 1 is 1.30 bits per heavy atom. The van der Waals surface area contributed by atoms with E-state index in [1.807, 2.05) is 11.3 Å². The monoisotopic (exact) mass is 353 g/mol. The number of nitrogens with two attached hydrogens (primary N) is 1. The second-order valence-corrected chi connectivity index (χ2v) is 7.52. The number of nitrogens with zero attached hydrogens (tertiary/aromatic N) is 3. The quantitative estimate of drug-likeness (QED) is 0.867. The molecule has 0 bridgehead atoms. The first kappa shape index (κ1) is 16.9. The molecule has 1 atom stereocenters. The van der Waals surface area contributed by atoms with E-state index in [4.69, 9.17) is 10.7 Å². The van der Waals surface area contributed by atoms with E-state index in [0.29, 0.717) is 11.9 Å². The fraction of sp³-hybridized carbons (Fsp3) is 0.625. The van der Waals surface area contributed by atoms with Crippen molar-refractivity contribution in [2.45, 2.75) is 45.2 Å². The van der Waals surface area contributed by atoms with Crippen molar-refractivity contribution in [2.24, 2.45) is 0 Å². The number of thiophene rings is 1. The number of aryl methyl sites for hydroxylation is 2. The molecule has 1 fully saturated rings. The van der Waals surface area contributed by atoms with Crippen molar-refractivity contribution in [1.82, 2.24) is 20.2 Å². The lowest BCUT2D eigenvalue weighted by atomic mass is 9.97. The molecular formula is C16H24ClN5S. The van der Waals surface area contributed by atoms with E-state index in [0.717, 1.165) is 48.6 Å². The van der Waals surface area contributed by atoms with E-state index in [1.54, 1.807) is 0 Å². The van der Waals surface area contributed by atoms with E-state index >= 15 is 0 Å². The Labute approximate surface area is 147 Å². The smallest absolute Gasteiger partial charge is 0.146 e. The fourth-order valence-corrected chi connectivity index (χ4v) is 4.89. The molecule has 3 N–H and O–H groups in total.